The molecular formula is C10H17NO5. The summed E-state index contributed by atoms with van der Waals surface area (Å²) in [5, 5.41) is 35.1. The molecule has 0 aliphatic heterocycles. The van der Waals surface area contributed by atoms with E-state index in [1.807, 2.05) is 24.5 Å². The minimum absolute atomic E-state index is 0.0935. The SMILES string of the molecule is CC(O)C(O)C(O)C(O)C=O.c1cc[nH]c1. The van der Waals surface area contributed by atoms with E-state index in [4.69, 9.17) is 20.4 Å². The molecule has 0 aromatic carbocycles. The van der Waals surface area contributed by atoms with E-state index < -0.39 is 24.4 Å². The lowest BCUT2D eigenvalue weighted by Gasteiger charge is -2.21. The summed E-state index contributed by atoms with van der Waals surface area (Å²) in [7, 11) is 0. The quantitative estimate of drug-likeness (QED) is 0.412. The first kappa shape index (κ1) is 14.8. The van der Waals surface area contributed by atoms with E-state index in [9.17, 15) is 4.79 Å². The van der Waals surface area contributed by atoms with Crippen LogP contribution in [-0.4, -0.2) is 56.1 Å². The molecule has 1 heterocycles. The van der Waals surface area contributed by atoms with E-state index in [2.05, 4.69) is 4.98 Å². The van der Waals surface area contributed by atoms with Crippen molar-refractivity contribution in [3.05, 3.63) is 24.5 Å². The van der Waals surface area contributed by atoms with Gasteiger partial charge in [0.2, 0.25) is 0 Å². The van der Waals surface area contributed by atoms with Crippen molar-refractivity contribution in [1.82, 2.24) is 4.98 Å². The minimum atomic E-state index is -1.65. The number of aliphatic hydroxyl groups is 4. The van der Waals surface area contributed by atoms with Crippen LogP contribution in [0.5, 0.6) is 0 Å². The third kappa shape index (κ3) is 5.62. The van der Waals surface area contributed by atoms with Crippen LogP contribution in [0.4, 0.5) is 0 Å². The Morgan fingerprint density at radius 1 is 1.06 bits per heavy atom. The first-order valence-corrected chi connectivity index (χ1v) is 4.76. The molecule has 1 aromatic rings. The number of aromatic nitrogens is 1. The van der Waals surface area contributed by atoms with Gasteiger partial charge in [-0.15, -0.1) is 0 Å². The van der Waals surface area contributed by atoms with Crippen LogP contribution < -0.4 is 0 Å². The predicted octanol–water partition coefficient (Wildman–Crippen LogP) is -1.34. The Morgan fingerprint density at radius 3 is 1.81 bits per heavy atom. The molecule has 0 radical (unpaired) electrons. The first-order valence-electron chi connectivity index (χ1n) is 4.76. The lowest BCUT2D eigenvalue weighted by Crippen LogP contribution is -2.43. The average Bonchev–Trinajstić information content (AvgIpc) is 2.84. The zero-order chi connectivity index (χ0) is 12.6. The van der Waals surface area contributed by atoms with Gasteiger partial charge in [-0.1, -0.05) is 0 Å². The maximum Gasteiger partial charge on any atom is 0.151 e. The summed E-state index contributed by atoms with van der Waals surface area (Å²) in [6.45, 7) is 1.24. The number of carbonyl (C=O) groups excluding carboxylic acids is 1. The Bertz CT molecular complexity index is 245. The van der Waals surface area contributed by atoms with E-state index in [0.717, 1.165) is 0 Å². The fraction of sp³-hybridized carbons (Fsp3) is 0.500. The molecule has 0 amide bonds. The zero-order valence-corrected chi connectivity index (χ0v) is 8.89. The zero-order valence-electron chi connectivity index (χ0n) is 8.89. The largest absolute Gasteiger partial charge is 0.391 e. The van der Waals surface area contributed by atoms with Gasteiger partial charge < -0.3 is 30.2 Å². The third-order valence-corrected chi connectivity index (χ3v) is 1.83. The van der Waals surface area contributed by atoms with Crippen molar-refractivity contribution in [1.29, 1.82) is 0 Å². The Morgan fingerprint density at radius 2 is 1.56 bits per heavy atom. The molecule has 0 saturated heterocycles. The van der Waals surface area contributed by atoms with Crippen molar-refractivity contribution in [2.45, 2.75) is 31.3 Å². The van der Waals surface area contributed by atoms with Gasteiger partial charge in [-0.25, -0.2) is 0 Å². The third-order valence-electron chi connectivity index (χ3n) is 1.83. The molecule has 6 heteroatoms. The Labute approximate surface area is 93.2 Å². The van der Waals surface area contributed by atoms with E-state index in [1.165, 1.54) is 6.92 Å². The maximum atomic E-state index is 9.87. The van der Waals surface area contributed by atoms with Crippen molar-refractivity contribution < 1.29 is 25.2 Å². The molecule has 92 valence electrons. The molecule has 16 heavy (non-hydrogen) atoms. The number of aliphatic hydroxyl groups excluding tert-OH is 4. The molecule has 0 spiro atoms. The molecule has 0 saturated carbocycles. The second-order valence-electron chi connectivity index (χ2n) is 3.23. The number of aldehydes is 1. The van der Waals surface area contributed by atoms with Crippen LogP contribution in [0.3, 0.4) is 0 Å². The minimum Gasteiger partial charge on any atom is -0.391 e. The van der Waals surface area contributed by atoms with Crippen LogP contribution in [0.25, 0.3) is 0 Å². The summed E-state index contributed by atoms with van der Waals surface area (Å²) >= 11 is 0. The van der Waals surface area contributed by atoms with E-state index in [0.29, 0.717) is 0 Å². The standard InChI is InChI=1S/C6H12O5.C4H5N/c1-3(8)5(10)6(11)4(9)2-7;1-2-4-5-3-1/h2-6,8-11H,1H3;1-5H. The second kappa shape index (κ2) is 8.00. The first-order chi connectivity index (χ1) is 7.50. The van der Waals surface area contributed by atoms with E-state index >= 15 is 0 Å². The predicted molar refractivity (Wildman–Crippen MR) is 56.6 cm³/mol. The highest BCUT2D eigenvalue weighted by Gasteiger charge is 2.27. The molecule has 0 aliphatic carbocycles. The number of hydrogen-bond donors (Lipinski definition) is 5. The molecule has 0 aliphatic rings. The van der Waals surface area contributed by atoms with Crippen molar-refractivity contribution in [2.24, 2.45) is 0 Å². The summed E-state index contributed by atoms with van der Waals surface area (Å²) in [4.78, 5) is 12.7. The molecule has 0 bridgehead atoms. The molecule has 1 rings (SSSR count). The monoisotopic (exact) mass is 231 g/mol. The van der Waals surface area contributed by atoms with Gasteiger partial charge in [-0.05, 0) is 19.1 Å². The highest BCUT2D eigenvalue weighted by molar-refractivity contribution is 5.56. The van der Waals surface area contributed by atoms with Crippen LogP contribution in [0.15, 0.2) is 24.5 Å². The van der Waals surface area contributed by atoms with Crippen LogP contribution in [0.2, 0.25) is 0 Å². The lowest BCUT2D eigenvalue weighted by atomic mass is 10.1. The average molecular weight is 231 g/mol. The Balaban J connectivity index is 0.000000368. The molecule has 0 fully saturated rings. The number of hydrogen-bond acceptors (Lipinski definition) is 5. The van der Waals surface area contributed by atoms with Gasteiger partial charge in [-0.2, -0.15) is 0 Å². The van der Waals surface area contributed by atoms with Crippen molar-refractivity contribution in [2.75, 3.05) is 0 Å². The summed E-state index contributed by atoms with van der Waals surface area (Å²) < 4.78 is 0. The topological polar surface area (TPSA) is 114 Å². The fourth-order valence-corrected chi connectivity index (χ4v) is 0.846. The van der Waals surface area contributed by atoms with Gasteiger partial charge in [0.05, 0.1) is 6.10 Å². The van der Waals surface area contributed by atoms with Crippen LogP contribution in [-0.2, 0) is 4.79 Å². The molecular weight excluding hydrogens is 214 g/mol. The van der Waals surface area contributed by atoms with Crippen LogP contribution in [0, 0.1) is 0 Å². The van der Waals surface area contributed by atoms with Crippen molar-refractivity contribution >= 4 is 6.29 Å². The van der Waals surface area contributed by atoms with E-state index in [-0.39, 0.29) is 6.29 Å². The highest BCUT2D eigenvalue weighted by Crippen LogP contribution is 2.02. The molecule has 5 N–H and O–H groups in total. The van der Waals surface area contributed by atoms with Gasteiger partial charge >= 0.3 is 0 Å². The maximum absolute atomic E-state index is 9.87. The number of rotatable bonds is 4. The molecule has 1 aromatic heterocycles. The summed E-state index contributed by atoms with van der Waals surface area (Å²) in [6, 6.07) is 3.89. The summed E-state index contributed by atoms with van der Waals surface area (Å²) in [5.74, 6) is 0. The van der Waals surface area contributed by atoms with Crippen molar-refractivity contribution in [3.8, 4) is 0 Å². The van der Waals surface area contributed by atoms with E-state index in [1.54, 1.807) is 0 Å². The second-order valence-corrected chi connectivity index (χ2v) is 3.23. The van der Waals surface area contributed by atoms with Gasteiger partial charge in [0.25, 0.3) is 0 Å². The van der Waals surface area contributed by atoms with Gasteiger partial charge in [-0.3, -0.25) is 0 Å². The fourth-order valence-electron chi connectivity index (χ4n) is 0.846. The van der Waals surface area contributed by atoms with Crippen LogP contribution in [0.1, 0.15) is 6.92 Å². The highest BCUT2D eigenvalue weighted by atomic mass is 16.4. The number of aromatic amines is 1. The summed E-state index contributed by atoms with van der Waals surface area (Å²) in [6.07, 6.45) is -2.13. The summed E-state index contributed by atoms with van der Waals surface area (Å²) in [5.41, 5.74) is 0. The smallest absolute Gasteiger partial charge is 0.151 e. The number of nitrogens with one attached hydrogen (secondary N) is 1. The van der Waals surface area contributed by atoms with Gasteiger partial charge in [0.15, 0.2) is 6.29 Å². The molecule has 4 unspecified atom stereocenters. The van der Waals surface area contributed by atoms with Gasteiger partial charge in [0, 0.05) is 12.4 Å². The van der Waals surface area contributed by atoms with Crippen LogP contribution >= 0.6 is 0 Å². The molecule has 6 nitrogen and oxygen atoms in total. The Kier molecular flexibility index (Phi) is 7.40. The number of carbonyl (C=O) groups is 1. The Hall–Kier alpha value is -1.21. The van der Waals surface area contributed by atoms with Crippen molar-refractivity contribution in [3.63, 3.8) is 0 Å². The lowest BCUT2D eigenvalue weighted by molar-refractivity contribution is -0.132. The normalized spacial score (nSPS) is 17.6. The number of H-pyrrole nitrogens is 1. The van der Waals surface area contributed by atoms with Gasteiger partial charge in [0.1, 0.15) is 18.3 Å². The molecule has 4 atom stereocenters.